The molecule has 84 valence electrons. The average molecular weight is 224 g/mol. The monoisotopic (exact) mass is 224 g/mol. The third-order valence-electron chi connectivity index (χ3n) is 2.94. The zero-order valence-corrected chi connectivity index (χ0v) is 10.3. The highest BCUT2D eigenvalue weighted by molar-refractivity contribution is 7.15. The van der Waals surface area contributed by atoms with Gasteiger partial charge in [0.1, 0.15) is 5.00 Å². The van der Waals surface area contributed by atoms with Crippen LogP contribution in [-0.4, -0.2) is 4.98 Å². The molecule has 15 heavy (non-hydrogen) atoms. The van der Waals surface area contributed by atoms with E-state index in [0.29, 0.717) is 0 Å². The molecule has 0 aromatic carbocycles. The molecule has 0 unspecified atom stereocenters. The predicted octanol–water partition coefficient (Wildman–Crippen LogP) is 3.73. The van der Waals surface area contributed by atoms with Crippen LogP contribution in [0.15, 0.2) is 0 Å². The van der Waals surface area contributed by atoms with Gasteiger partial charge in [0.2, 0.25) is 0 Å². The van der Waals surface area contributed by atoms with E-state index in [-0.39, 0.29) is 0 Å². The number of hydrogen-bond donors (Lipinski definition) is 1. The molecule has 0 bridgehead atoms. The van der Waals surface area contributed by atoms with Gasteiger partial charge in [0, 0.05) is 5.92 Å². The smallest absolute Gasteiger partial charge is 0.109 e. The van der Waals surface area contributed by atoms with Gasteiger partial charge in [-0.1, -0.05) is 26.2 Å². The first-order chi connectivity index (χ1) is 7.31. The lowest BCUT2D eigenvalue weighted by Gasteiger charge is -1.97. The number of nitrogens with zero attached hydrogens (tertiary/aromatic N) is 1. The number of aryl methyl sites for hydroxylation is 1. The van der Waals surface area contributed by atoms with E-state index in [0.717, 1.165) is 23.0 Å². The summed E-state index contributed by atoms with van der Waals surface area (Å²) in [6, 6.07) is 0. The van der Waals surface area contributed by atoms with Crippen molar-refractivity contribution >= 4 is 16.3 Å². The summed E-state index contributed by atoms with van der Waals surface area (Å²) in [7, 11) is 0. The summed E-state index contributed by atoms with van der Waals surface area (Å²) < 4.78 is 0. The highest BCUT2D eigenvalue weighted by Crippen LogP contribution is 2.43. The molecule has 1 aromatic rings. The Hall–Kier alpha value is -0.570. The van der Waals surface area contributed by atoms with Crippen molar-refractivity contribution in [3.8, 4) is 0 Å². The number of rotatable bonds is 6. The van der Waals surface area contributed by atoms with Crippen molar-refractivity contribution in [3.63, 3.8) is 0 Å². The second-order valence-corrected chi connectivity index (χ2v) is 5.51. The van der Waals surface area contributed by atoms with E-state index in [4.69, 9.17) is 5.73 Å². The molecule has 2 nitrogen and oxygen atoms in total. The quantitative estimate of drug-likeness (QED) is 0.748. The number of aromatic nitrogens is 1. The van der Waals surface area contributed by atoms with Gasteiger partial charge in [0.15, 0.2) is 0 Å². The maximum absolute atomic E-state index is 5.98. The molecule has 0 atom stereocenters. The number of nitrogens with two attached hydrogens (primary N) is 1. The van der Waals surface area contributed by atoms with E-state index in [1.54, 1.807) is 11.3 Å². The van der Waals surface area contributed by atoms with Gasteiger partial charge in [-0.25, -0.2) is 4.98 Å². The normalized spacial score (nSPS) is 15.8. The fourth-order valence-corrected chi connectivity index (χ4v) is 2.83. The van der Waals surface area contributed by atoms with E-state index in [9.17, 15) is 0 Å². The van der Waals surface area contributed by atoms with Gasteiger partial charge in [-0.05, 0) is 25.7 Å². The molecule has 1 aliphatic carbocycles. The van der Waals surface area contributed by atoms with Crippen LogP contribution in [0.3, 0.4) is 0 Å². The maximum atomic E-state index is 5.98. The molecular formula is C12H20N2S. The van der Waals surface area contributed by atoms with E-state index in [2.05, 4.69) is 11.9 Å². The van der Waals surface area contributed by atoms with Gasteiger partial charge in [0.05, 0.1) is 10.7 Å². The SMILES string of the molecule is CCCCCCc1nc(C2CC2)sc1N. The summed E-state index contributed by atoms with van der Waals surface area (Å²) in [6.45, 7) is 2.24. The van der Waals surface area contributed by atoms with Crippen LogP contribution in [-0.2, 0) is 6.42 Å². The van der Waals surface area contributed by atoms with E-state index in [1.807, 2.05) is 0 Å². The van der Waals surface area contributed by atoms with Crippen LogP contribution >= 0.6 is 11.3 Å². The fourth-order valence-electron chi connectivity index (χ4n) is 1.79. The second kappa shape index (κ2) is 4.97. The lowest BCUT2D eigenvalue weighted by molar-refractivity contribution is 0.662. The minimum atomic E-state index is 0.752. The highest BCUT2D eigenvalue weighted by atomic mass is 32.1. The third kappa shape index (κ3) is 2.94. The minimum absolute atomic E-state index is 0.752. The molecular weight excluding hydrogens is 204 g/mol. The summed E-state index contributed by atoms with van der Waals surface area (Å²) in [5.74, 6) is 0.752. The number of hydrogen-bond acceptors (Lipinski definition) is 3. The third-order valence-corrected chi connectivity index (χ3v) is 4.03. The Morgan fingerprint density at radius 2 is 2.13 bits per heavy atom. The number of nitrogen functional groups attached to an aromatic ring is 1. The molecule has 0 amide bonds. The van der Waals surface area contributed by atoms with Gasteiger partial charge >= 0.3 is 0 Å². The van der Waals surface area contributed by atoms with Crippen LogP contribution in [0.2, 0.25) is 0 Å². The standard InChI is InChI=1S/C12H20N2S/c1-2-3-4-5-6-10-11(13)15-12(14-10)9-7-8-9/h9H,2-8,13H2,1H3. The van der Waals surface area contributed by atoms with Crippen LogP contribution in [0.5, 0.6) is 0 Å². The maximum Gasteiger partial charge on any atom is 0.109 e. The Morgan fingerprint density at radius 3 is 2.80 bits per heavy atom. The molecule has 2 N–H and O–H groups in total. The predicted molar refractivity (Wildman–Crippen MR) is 66.3 cm³/mol. The molecule has 1 aromatic heterocycles. The fraction of sp³-hybridized carbons (Fsp3) is 0.750. The van der Waals surface area contributed by atoms with Crippen molar-refractivity contribution in [1.29, 1.82) is 0 Å². The molecule has 1 heterocycles. The zero-order chi connectivity index (χ0) is 10.7. The number of unbranched alkanes of at least 4 members (excludes halogenated alkanes) is 3. The Labute approximate surface area is 95.9 Å². The topological polar surface area (TPSA) is 38.9 Å². The van der Waals surface area contributed by atoms with Crippen molar-refractivity contribution in [2.75, 3.05) is 5.73 Å². The lowest BCUT2D eigenvalue weighted by atomic mass is 10.1. The van der Waals surface area contributed by atoms with Gasteiger partial charge < -0.3 is 5.73 Å². The second-order valence-electron chi connectivity index (χ2n) is 4.45. The molecule has 1 fully saturated rings. The average Bonchev–Trinajstić information content (AvgIpc) is 3.00. The van der Waals surface area contributed by atoms with Gasteiger partial charge in [-0.15, -0.1) is 11.3 Å². The lowest BCUT2D eigenvalue weighted by Crippen LogP contribution is -1.92. The van der Waals surface area contributed by atoms with Crippen LogP contribution in [0.1, 0.15) is 62.1 Å². The summed E-state index contributed by atoms with van der Waals surface area (Å²) >= 11 is 1.72. The van der Waals surface area contributed by atoms with Crippen molar-refractivity contribution in [1.82, 2.24) is 4.98 Å². The van der Waals surface area contributed by atoms with Gasteiger partial charge in [0.25, 0.3) is 0 Å². The zero-order valence-electron chi connectivity index (χ0n) is 9.46. The first-order valence-corrected chi connectivity index (χ1v) is 6.88. The Morgan fingerprint density at radius 1 is 1.33 bits per heavy atom. The summed E-state index contributed by atoms with van der Waals surface area (Å²) in [5, 5.41) is 2.26. The Balaban J connectivity index is 1.84. The molecule has 3 heteroatoms. The van der Waals surface area contributed by atoms with E-state index >= 15 is 0 Å². The summed E-state index contributed by atoms with van der Waals surface area (Å²) in [4.78, 5) is 4.66. The van der Waals surface area contributed by atoms with Crippen molar-refractivity contribution in [3.05, 3.63) is 10.7 Å². The molecule has 2 rings (SSSR count). The first kappa shape index (κ1) is 10.9. The first-order valence-electron chi connectivity index (χ1n) is 6.06. The molecule has 0 spiro atoms. The van der Waals surface area contributed by atoms with Gasteiger partial charge in [-0.2, -0.15) is 0 Å². The molecule has 0 saturated heterocycles. The number of thiazole rings is 1. The molecule has 1 aliphatic rings. The van der Waals surface area contributed by atoms with Gasteiger partial charge in [-0.3, -0.25) is 0 Å². The van der Waals surface area contributed by atoms with E-state index in [1.165, 1.54) is 43.5 Å². The largest absolute Gasteiger partial charge is 0.389 e. The van der Waals surface area contributed by atoms with E-state index < -0.39 is 0 Å². The summed E-state index contributed by atoms with van der Waals surface area (Å²) in [5.41, 5.74) is 7.14. The Bertz CT molecular complexity index is 315. The summed E-state index contributed by atoms with van der Waals surface area (Å²) in [6.07, 6.45) is 8.90. The van der Waals surface area contributed by atoms with Crippen LogP contribution in [0.25, 0.3) is 0 Å². The Kier molecular flexibility index (Phi) is 3.62. The molecule has 0 radical (unpaired) electrons. The molecule has 1 saturated carbocycles. The van der Waals surface area contributed by atoms with Crippen LogP contribution in [0, 0.1) is 0 Å². The van der Waals surface area contributed by atoms with Crippen LogP contribution in [0.4, 0.5) is 5.00 Å². The van der Waals surface area contributed by atoms with Crippen molar-refractivity contribution in [2.45, 2.75) is 57.8 Å². The van der Waals surface area contributed by atoms with Crippen molar-refractivity contribution in [2.24, 2.45) is 0 Å². The van der Waals surface area contributed by atoms with Crippen LogP contribution < -0.4 is 5.73 Å². The van der Waals surface area contributed by atoms with Crippen molar-refractivity contribution < 1.29 is 0 Å². The number of anilines is 1. The minimum Gasteiger partial charge on any atom is -0.389 e. The highest BCUT2D eigenvalue weighted by Gasteiger charge is 2.27. The molecule has 0 aliphatic heterocycles.